The van der Waals surface area contributed by atoms with Crippen molar-refractivity contribution in [3.05, 3.63) is 95.8 Å². The van der Waals surface area contributed by atoms with Crippen molar-refractivity contribution in [3.8, 4) is 5.75 Å². The van der Waals surface area contributed by atoms with E-state index in [1.54, 1.807) is 30.3 Å². The maximum absolute atomic E-state index is 13.0. The number of rotatable bonds is 6. The summed E-state index contributed by atoms with van der Waals surface area (Å²) in [4.78, 5) is 14.2. The van der Waals surface area contributed by atoms with Gasteiger partial charge >= 0.3 is 6.03 Å². The summed E-state index contributed by atoms with van der Waals surface area (Å²) >= 11 is 0. The maximum atomic E-state index is 13.0. The number of para-hydroxylation sites is 1. The Labute approximate surface area is 180 Å². The number of hydrogen-bond donors (Lipinski definition) is 3. The van der Waals surface area contributed by atoms with Gasteiger partial charge in [-0.1, -0.05) is 30.3 Å². The fourth-order valence-corrected chi connectivity index (χ4v) is 2.74. The molecule has 7 heteroatoms. The molecule has 0 aliphatic rings. The molecule has 31 heavy (non-hydrogen) atoms. The van der Waals surface area contributed by atoms with Crippen LogP contribution in [0.5, 0.6) is 5.75 Å². The first-order valence-corrected chi connectivity index (χ1v) is 9.56. The van der Waals surface area contributed by atoms with Gasteiger partial charge in [0.05, 0.1) is 5.71 Å². The topological polar surface area (TPSA) is 77.0 Å². The molecule has 0 atom stereocenters. The lowest BCUT2D eigenvalue weighted by Gasteiger charge is -2.11. The number of nitrogens with one attached hydrogen (secondary N) is 2. The van der Waals surface area contributed by atoms with E-state index >= 15 is 0 Å². The van der Waals surface area contributed by atoms with Crippen LogP contribution in [0.1, 0.15) is 11.1 Å². The van der Waals surface area contributed by atoms with Crippen LogP contribution in [0.4, 0.5) is 20.6 Å². The number of allylic oxidation sites excluding steroid dienone is 1. The van der Waals surface area contributed by atoms with Gasteiger partial charge in [-0.05, 0) is 60.2 Å². The van der Waals surface area contributed by atoms with Gasteiger partial charge in [0.1, 0.15) is 11.6 Å². The molecular formula is C24H23FN4O2. The van der Waals surface area contributed by atoms with Crippen LogP contribution in [-0.4, -0.2) is 30.9 Å². The molecule has 0 aliphatic heterocycles. The predicted molar refractivity (Wildman–Crippen MR) is 123 cm³/mol. The molecule has 3 rings (SSSR count). The fourth-order valence-electron chi connectivity index (χ4n) is 2.74. The molecule has 0 aromatic heterocycles. The van der Waals surface area contributed by atoms with Crippen LogP contribution in [0.15, 0.2) is 84.0 Å². The molecule has 0 saturated heterocycles. The van der Waals surface area contributed by atoms with Crippen molar-refractivity contribution in [1.82, 2.24) is 5.43 Å². The molecule has 0 fully saturated rings. The van der Waals surface area contributed by atoms with Gasteiger partial charge in [0.25, 0.3) is 0 Å². The number of phenols is 1. The molecule has 2 amide bonds. The number of anilines is 2. The highest BCUT2D eigenvalue weighted by Crippen LogP contribution is 2.19. The molecule has 3 aromatic carbocycles. The first-order valence-electron chi connectivity index (χ1n) is 9.56. The monoisotopic (exact) mass is 418 g/mol. The molecule has 3 aromatic rings. The lowest BCUT2D eigenvalue weighted by atomic mass is 10.1. The van der Waals surface area contributed by atoms with E-state index in [0.29, 0.717) is 17.0 Å². The molecule has 6 nitrogen and oxygen atoms in total. The van der Waals surface area contributed by atoms with Crippen molar-refractivity contribution >= 4 is 29.2 Å². The standard InChI is InChI=1S/C24H23FN4O2/c1-29(2)20-14-7-17(8-15-20)9-16-22(21-5-3-4-6-23(21)30)27-28-24(31)26-19-12-10-18(25)11-13-19/h3-16,30H,1-2H3,(H2,26,28,31)/b16-9+,27-22+. The Morgan fingerprint density at radius 3 is 2.32 bits per heavy atom. The zero-order chi connectivity index (χ0) is 22.2. The molecule has 0 aliphatic carbocycles. The molecule has 158 valence electrons. The van der Waals surface area contributed by atoms with Gasteiger partial charge in [0.15, 0.2) is 0 Å². The number of phenolic OH excluding ortho intramolecular Hbond substituents is 1. The maximum Gasteiger partial charge on any atom is 0.339 e. The Morgan fingerprint density at radius 2 is 1.68 bits per heavy atom. The molecule has 3 N–H and O–H groups in total. The van der Waals surface area contributed by atoms with Crippen LogP contribution in [-0.2, 0) is 0 Å². The third-order valence-corrected chi connectivity index (χ3v) is 4.40. The SMILES string of the molecule is CN(C)c1ccc(/C=C/C(=N\NC(=O)Nc2ccc(F)cc2)c2ccccc2O)cc1. The van der Waals surface area contributed by atoms with E-state index in [2.05, 4.69) is 15.8 Å². The van der Waals surface area contributed by atoms with Crippen LogP contribution < -0.4 is 15.6 Å². The second kappa shape index (κ2) is 10.1. The second-order valence-electron chi connectivity index (χ2n) is 6.91. The van der Waals surface area contributed by atoms with Gasteiger partial charge in [0.2, 0.25) is 0 Å². The van der Waals surface area contributed by atoms with Crippen molar-refractivity contribution in [2.24, 2.45) is 5.10 Å². The quantitative estimate of drug-likeness (QED) is 0.396. The van der Waals surface area contributed by atoms with Crippen LogP contribution >= 0.6 is 0 Å². The van der Waals surface area contributed by atoms with E-state index in [9.17, 15) is 14.3 Å². The number of hydrogen-bond acceptors (Lipinski definition) is 4. The lowest BCUT2D eigenvalue weighted by molar-refractivity contribution is 0.252. The summed E-state index contributed by atoms with van der Waals surface area (Å²) in [6, 6.07) is 19.4. The summed E-state index contributed by atoms with van der Waals surface area (Å²) < 4.78 is 13.0. The van der Waals surface area contributed by atoms with Gasteiger partial charge in [0, 0.05) is 31.0 Å². The average molecular weight is 418 g/mol. The Bertz CT molecular complexity index is 1090. The second-order valence-corrected chi connectivity index (χ2v) is 6.91. The minimum atomic E-state index is -0.594. The number of benzene rings is 3. The number of carbonyl (C=O) groups is 1. The Morgan fingerprint density at radius 1 is 1.00 bits per heavy atom. The Hall–Kier alpha value is -4.13. The van der Waals surface area contributed by atoms with Gasteiger partial charge in [-0.25, -0.2) is 14.6 Å². The van der Waals surface area contributed by atoms with Crippen LogP contribution in [0.25, 0.3) is 6.08 Å². The molecule has 0 radical (unpaired) electrons. The van der Waals surface area contributed by atoms with E-state index < -0.39 is 11.8 Å². The van der Waals surface area contributed by atoms with Crippen LogP contribution in [0, 0.1) is 5.82 Å². The normalized spacial score (nSPS) is 11.4. The van der Waals surface area contributed by atoms with E-state index in [0.717, 1.165) is 11.3 Å². The molecular weight excluding hydrogens is 395 g/mol. The fraction of sp³-hybridized carbons (Fsp3) is 0.0833. The number of carbonyl (C=O) groups excluding carboxylic acids is 1. The third-order valence-electron chi connectivity index (χ3n) is 4.40. The summed E-state index contributed by atoms with van der Waals surface area (Å²) in [5.74, 6) is -0.357. The summed E-state index contributed by atoms with van der Waals surface area (Å²) in [5, 5.41) is 16.9. The number of hydrazone groups is 1. The molecule has 0 spiro atoms. The number of aromatic hydroxyl groups is 1. The predicted octanol–water partition coefficient (Wildman–Crippen LogP) is 4.84. The number of halogens is 1. The molecule has 0 bridgehead atoms. The zero-order valence-electron chi connectivity index (χ0n) is 17.2. The van der Waals surface area contributed by atoms with Crippen molar-refractivity contribution in [2.75, 3.05) is 24.3 Å². The zero-order valence-corrected chi connectivity index (χ0v) is 17.2. The summed E-state index contributed by atoms with van der Waals surface area (Å²) in [7, 11) is 3.94. The first-order chi connectivity index (χ1) is 14.9. The van der Waals surface area contributed by atoms with E-state index in [-0.39, 0.29) is 5.75 Å². The summed E-state index contributed by atoms with van der Waals surface area (Å²) in [6.07, 6.45) is 3.54. The molecule has 0 saturated carbocycles. The smallest absolute Gasteiger partial charge is 0.339 e. The highest BCUT2D eigenvalue weighted by Gasteiger charge is 2.08. The summed E-state index contributed by atoms with van der Waals surface area (Å²) in [5.41, 5.74) is 5.67. The highest BCUT2D eigenvalue weighted by atomic mass is 19.1. The van der Waals surface area contributed by atoms with Crippen molar-refractivity contribution in [2.45, 2.75) is 0 Å². The van der Waals surface area contributed by atoms with Crippen LogP contribution in [0.3, 0.4) is 0 Å². The lowest BCUT2D eigenvalue weighted by Crippen LogP contribution is -2.25. The number of urea groups is 1. The van der Waals surface area contributed by atoms with Gasteiger partial charge in [-0.2, -0.15) is 5.10 Å². The van der Waals surface area contributed by atoms with E-state index in [1.807, 2.05) is 49.3 Å². The molecule has 0 heterocycles. The van der Waals surface area contributed by atoms with Gasteiger partial charge < -0.3 is 15.3 Å². The highest BCUT2D eigenvalue weighted by molar-refractivity contribution is 6.12. The Balaban J connectivity index is 1.80. The molecule has 0 unspecified atom stereocenters. The first kappa shape index (κ1) is 21.6. The van der Waals surface area contributed by atoms with Crippen molar-refractivity contribution in [1.29, 1.82) is 0 Å². The minimum absolute atomic E-state index is 0.0367. The van der Waals surface area contributed by atoms with Crippen molar-refractivity contribution in [3.63, 3.8) is 0 Å². The number of amides is 2. The number of nitrogens with zero attached hydrogens (tertiary/aromatic N) is 2. The van der Waals surface area contributed by atoms with Gasteiger partial charge in [-0.15, -0.1) is 0 Å². The third kappa shape index (κ3) is 6.17. The van der Waals surface area contributed by atoms with E-state index in [4.69, 9.17) is 0 Å². The van der Waals surface area contributed by atoms with Crippen molar-refractivity contribution < 1.29 is 14.3 Å². The Kier molecular flexibility index (Phi) is 7.01. The minimum Gasteiger partial charge on any atom is -0.507 e. The van der Waals surface area contributed by atoms with Gasteiger partial charge in [-0.3, -0.25) is 0 Å². The van der Waals surface area contributed by atoms with E-state index in [1.165, 1.54) is 24.3 Å². The summed E-state index contributed by atoms with van der Waals surface area (Å²) in [6.45, 7) is 0. The average Bonchev–Trinajstić information content (AvgIpc) is 2.76. The van der Waals surface area contributed by atoms with Crippen LogP contribution in [0.2, 0.25) is 0 Å². The largest absolute Gasteiger partial charge is 0.507 e.